The molecule has 0 aliphatic carbocycles. The van der Waals surface area contributed by atoms with Crippen LogP contribution >= 0.6 is 0 Å². The number of fused-ring (bicyclic) bond motifs is 2. The highest BCUT2D eigenvalue weighted by Crippen LogP contribution is 2.44. The highest BCUT2D eigenvalue weighted by molar-refractivity contribution is 6.12. The summed E-state index contributed by atoms with van der Waals surface area (Å²) in [6.07, 6.45) is 2.03. The highest BCUT2D eigenvalue weighted by atomic mass is 16.6. The van der Waals surface area contributed by atoms with E-state index < -0.39 is 12.2 Å². The molecule has 1 aromatic heterocycles. The van der Waals surface area contributed by atoms with Gasteiger partial charge in [-0.1, -0.05) is 24.3 Å². The summed E-state index contributed by atoms with van der Waals surface area (Å²) >= 11 is 0. The first-order valence-corrected chi connectivity index (χ1v) is 11.7. The normalized spacial score (nSPS) is 16.6. The van der Waals surface area contributed by atoms with Gasteiger partial charge in [0.15, 0.2) is 28.6 Å². The molecule has 1 N–H and O–H groups in total. The molecule has 0 atom stereocenters. The molecule has 0 unspecified atom stereocenters. The number of hydrogen-bond acceptors (Lipinski definition) is 7. The van der Waals surface area contributed by atoms with E-state index in [0.29, 0.717) is 61.2 Å². The number of amides is 2. The predicted octanol–water partition coefficient (Wildman–Crippen LogP) is 4.18. The Kier molecular flexibility index (Phi) is 6.10. The summed E-state index contributed by atoms with van der Waals surface area (Å²) in [7, 11) is 0. The van der Waals surface area contributed by atoms with Crippen LogP contribution in [-0.2, 0) is 0 Å². The smallest absolute Gasteiger partial charge is 0.415 e. The maximum atomic E-state index is 13.0. The minimum atomic E-state index is -0.494. The molecule has 9 nitrogen and oxygen atoms in total. The summed E-state index contributed by atoms with van der Waals surface area (Å²) in [5.41, 5.74) is 0.203. The molecule has 2 amide bonds. The number of nitrogens with zero attached hydrogens (tertiary/aromatic N) is 2. The molecule has 2 saturated heterocycles. The third-order valence-electron chi connectivity index (χ3n) is 6.31. The number of carbonyl (C=O) groups excluding carboxylic acids is 3. The van der Waals surface area contributed by atoms with Crippen LogP contribution in [0.1, 0.15) is 36.7 Å². The van der Waals surface area contributed by atoms with Gasteiger partial charge in [-0.2, -0.15) is 0 Å². The molecule has 0 spiro atoms. The van der Waals surface area contributed by atoms with Crippen LogP contribution in [0.15, 0.2) is 34.7 Å². The maximum absolute atomic E-state index is 13.0. The van der Waals surface area contributed by atoms with Crippen molar-refractivity contribution in [1.29, 1.82) is 0 Å². The molecular weight excluding hydrogens is 438 g/mol. The van der Waals surface area contributed by atoms with E-state index in [1.165, 1.54) is 6.92 Å². The largest absolute Gasteiger partial charge is 0.449 e. The lowest BCUT2D eigenvalue weighted by atomic mass is 10.0. The van der Waals surface area contributed by atoms with E-state index in [-0.39, 0.29) is 22.9 Å². The number of piperazine rings is 1. The van der Waals surface area contributed by atoms with Crippen molar-refractivity contribution >= 4 is 39.7 Å². The molecule has 0 saturated carbocycles. The van der Waals surface area contributed by atoms with E-state index in [9.17, 15) is 14.4 Å². The quantitative estimate of drug-likeness (QED) is 0.579. The molecular formula is C25H27N3O6. The van der Waals surface area contributed by atoms with Crippen molar-refractivity contribution in [3.63, 3.8) is 0 Å². The topological polar surface area (TPSA) is 101 Å². The molecule has 5 rings (SSSR count). The average molecular weight is 466 g/mol. The van der Waals surface area contributed by atoms with Crippen molar-refractivity contribution in [2.45, 2.75) is 26.2 Å². The Morgan fingerprint density at radius 2 is 1.41 bits per heavy atom. The van der Waals surface area contributed by atoms with Crippen molar-refractivity contribution in [2.75, 3.05) is 39.3 Å². The molecule has 0 bridgehead atoms. The van der Waals surface area contributed by atoms with Crippen molar-refractivity contribution < 1.29 is 28.3 Å². The second kappa shape index (κ2) is 9.34. The summed E-state index contributed by atoms with van der Waals surface area (Å²) in [4.78, 5) is 41.4. The summed E-state index contributed by atoms with van der Waals surface area (Å²) in [6, 6.07) is 8.76. The highest BCUT2D eigenvalue weighted by Gasteiger charge is 2.28. The van der Waals surface area contributed by atoms with Crippen LogP contribution in [0.3, 0.4) is 0 Å². The number of furan rings is 1. The number of carbonyl (C=O) groups is 3. The fraction of sp³-hybridized carbons (Fsp3) is 0.400. The summed E-state index contributed by atoms with van der Waals surface area (Å²) in [6.45, 7) is 5.11. The first-order chi connectivity index (χ1) is 16.5. The van der Waals surface area contributed by atoms with Gasteiger partial charge in [-0.25, -0.2) is 9.59 Å². The third-order valence-corrected chi connectivity index (χ3v) is 6.31. The lowest BCUT2D eigenvalue weighted by Crippen LogP contribution is -2.47. The van der Waals surface area contributed by atoms with E-state index in [4.69, 9.17) is 13.9 Å². The van der Waals surface area contributed by atoms with E-state index in [2.05, 4.69) is 5.32 Å². The van der Waals surface area contributed by atoms with Crippen molar-refractivity contribution in [3.8, 4) is 11.5 Å². The first-order valence-electron chi connectivity index (χ1n) is 11.7. The number of ether oxygens (including phenoxy) is 2. The summed E-state index contributed by atoms with van der Waals surface area (Å²) in [5.74, 6) is 0.312. The van der Waals surface area contributed by atoms with Crippen LogP contribution in [0.4, 0.5) is 9.59 Å². The minimum absolute atomic E-state index is 0.0973. The predicted molar refractivity (Wildman–Crippen MR) is 126 cm³/mol. The first kappa shape index (κ1) is 22.2. The van der Waals surface area contributed by atoms with Crippen LogP contribution in [-0.4, -0.2) is 67.0 Å². The Morgan fingerprint density at radius 3 is 2.06 bits per heavy atom. The second-order valence-electron chi connectivity index (χ2n) is 8.63. The number of ketones is 1. The van der Waals surface area contributed by atoms with Gasteiger partial charge in [-0.3, -0.25) is 4.79 Å². The third kappa shape index (κ3) is 4.19. The molecule has 2 aliphatic rings. The fourth-order valence-electron chi connectivity index (χ4n) is 4.49. The van der Waals surface area contributed by atoms with Gasteiger partial charge in [0.05, 0.1) is 5.39 Å². The van der Waals surface area contributed by atoms with E-state index in [1.54, 1.807) is 34.1 Å². The van der Waals surface area contributed by atoms with E-state index >= 15 is 0 Å². The number of likely N-dealkylation sites (tertiary alicyclic amines) is 1. The molecule has 178 valence electrons. The zero-order valence-corrected chi connectivity index (χ0v) is 19.1. The Hall–Kier alpha value is -3.59. The van der Waals surface area contributed by atoms with Gasteiger partial charge in [0, 0.05) is 57.0 Å². The average Bonchev–Trinajstić information content (AvgIpc) is 3.33. The van der Waals surface area contributed by atoms with Crippen LogP contribution in [0.25, 0.3) is 21.7 Å². The zero-order valence-electron chi connectivity index (χ0n) is 19.1. The van der Waals surface area contributed by atoms with E-state index in [0.717, 1.165) is 19.3 Å². The van der Waals surface area contributed by atoms with Crippen LogP contribution in [0, 0.1) is 0 Å². The number of Topliss-reactive ketones (excluding diaryl/α,β-unsaturated/α-hetero) is 1. The van der Waals surface area contributed by atoms with Crippen LogP contribution in [0.5, 0.6) is 11.5 Å². The number of rotatable bonds is 3. The minimum Gasteiger partial charge on any atom is -0.449 e. The number of piperidine rings is 1. The molecule has 2 fully saturated rings. The Balaban J connectivity index is 1.62. The Bertz CT molecular complexity index is 1170. The van der Waals surface area contributed by atoms with Gasteiger partial charge >= 0.3 is 12.2 Å². The van der Waals surface area contributed by atoms with Crippen molar-refractivity contribution in [1.82, 2.24) is 15.1 Å². The fourth-order valence-corrected chi connectivity index (χ4v) is 4.49. The monoisotopic (exact) mass is 465 g/mol. The summed E-state index contributed by atoms with van der Waals surface area (Å²) in [5, 5.41) is 4.77. The molecule has 2 aliphatic heterocycles. The maximum Gasteiger partial charge on any atom is 0.415 e. The van der Waals surface area contributed by atoms with Gasteiger partial charge < -0.3 is 29.0 Å². The molecule has 2 aromatic carbocycles. The van der Waals surface area contributed by atoms with Gasteiger partial charge in [-0.05, 0) is 25.3 Å². The van der Waals surface area contributed by atoms with Gasteiger partial charge in [0.2, 0.25) is 0 Å². The number of benzene rings is 2. The Morgan fingerprint density at radius 1 is 0.824 bits per heavy atom. The number of hydrogen-bond donors (Lipinski definition) is 1. The summed E-state index contributed by atoms with van der Waals surface area (Å²) < 4.78 is 17.6. The molecule has 3 heterocycles. The SMILES string of the molecule is CC(=O)c1cc2c(OC(=O)N3CCCCC3)c3ccccc3c(OC(=O)N3CCNCC3)c2o1. The Labute approximate surface area is 196 Å². The molecule has 0 radical (unpaired) electrons. The van der Waals surface area contributed by atoms with Gasteiger partial charge in [0.25, 0.3) is 0 Å². The lowest BCUT2D eigenvalue weighted by molar-refractivity contribution is 0.0989. The van der Waals surface area contributed by atoms with E-state index in [1.807, 2.05) is 6.07 Å². The van der Waals surface area contributed by atoms with Gasteiger partial charge in [-0.15, -0.1) is 0 Å². The molecule has 9 heteroatoms. The van der Waals surface area contributed by atoms with Crippen molar-refractivity contribution in [3.05, 3.63) is 36.1 Å². The van der Waals surface area contributed by atoms with Gasteiger partial charge in [0.1, 0.15) is 0 Å². The zero-order chi connectivity index (χ0) is 23.7. The standard InChI is InChI=1S/C25H27N3O6/c1-16(29)20-15-19-21(33-24(30)27-11-5-2-6-12-27)17-7-3-4-8-18(17)22(23(19)32-20)34-25(31)28-13-9-26-10-14-28/h3-4,7-8,15,26H,2,5-6,9-14H2,1H3. The lowest BCUT2D eigenvalue weighted by Gasteiger charge is -2.27. The number of nitrogens with one attached hydrogen (secondary N) is 1. The second-order valence-corrected chi connectivity index (χ2v) is 8.63. The van der Waals surface area contributed by atoms with Crippen LogP contribution in [0.2, 0.25) is 0 Å². The molecule has 3 aromatic rings. The van der Waals surface area contributed by atoms with Crippen LogP contribution < -0.4 is 14.8 Å². The van der Waals surface area contributed by atoms with Crippen molar-refractivity contribution in [2.24, 2.45) is 0 Å². The molecule has 34 heavy (non-hydrogen) atoms.